The van der Waals surface area contributed by atoms with Gasteiger partial charge in [-0.15, -0.1) is 0 Å². The molecule has 1 saturated carbocycles. The Bertz CT molecular complexity index is 588. The number of carbonyl (C=O) groups excluding carboxylic acids is 1. The fourth-order valence-corrected chi connectivity index (χ4v) is 3.68. The highest BCUT2D eigenvalue weighted by molar-refractivity contribution is 5.76. The van der Waals surface area contributed by atoms with Crippen LogP contribution in [0.4, 0.5) is 0 Å². The zero-order valence-corrected chi connectivity index (χ0v) is 15.0. The Kier molecular flexibility index (Phi) is 5.26. The number of benzene rings is 1. The van der Waals surface area contributed by atoms with Gasteiger partial charge in [-0.25, -0.2) is 0 Å². The molecule has 132 valence electrons. The van der Waals surface area contributed by atoms with Crippen molar-refractivity contribution in [1.82, 2.24) is 10.2 Å². The van der Waals surface area contributed by atoms with E-state index in [-0.39, 0.29) is 12.3 Å². The van der Waals surface area contributed by atoms with Crippen molar-refractivity contribution in [1.29, 1.82) is 0 Å². The molecule has 24 heavy (non-hydrogen) atoms. The van der Waals surface area contributed by atoms with E-state index >= 15 is 0 Å². The van der Waals surface area contributed by atoms with E-state index in [1.807, 2.05) is 0 Å². The molecule has 3 rings (SSSR count). The van der Waals surface area contributed by atoms with Crippen molar-refractivity contribution >= 4 is 5.91 Å². The summed E-state index contributed by atoms with van der Waals surface area (Å²) >= 11 is 0. The van der Waals surface area contributed by atoms with Crippen LogP contribution in [0.25, 0.3) is 0 Å². The zero-order valence-electron chi connectivity index (χ0n) is 15.0. The largest absolute Gasteiger partial charge is 0.390 e. The van der Waals surface area contributed by atoms with Gasteiger partial charge < -0.3 is 10.4 Å². The third-order valence-electron chi connectivity index (χ3n) is 5.28. The average molecular weight is 330 g/mol. The molecule has 0 atom stereocenters. The first-order valence-corrected chi connectivity index (χ1v) is 9.24. The summed E-state index contributed by atoms with van der Waals surface area (Å²) in [5.74, 6) is -0.103. The lowest BCUT2D eigenvalue weighted by Gasteiger charge is -2.36. The fraction of sp³-hybridized carbons (Fsp3) is 0.650. The van der Waals surface area contributed by atoms with E-state index in [1.54, 1.807) is 13.8 Å². The van der Waals surface area contributed by atoms with E-state index in [4.69, 9.17) is 0 Å². The number of hydrogen-bond acceptors (Lipinski definition) is 3. The number of nitrogens with zero attached hydrogens (tertiary/aromatic N) is 1. The van der Waals surface area contributed by atoms with Gasteiger partial charge in [0.2, 0.25) is 5.91 Å². The molecule has 1 heterocycles. The number of amides is 1. The quantitative estimate of drug-likeness (QED) is 0.872. The van der Waals surface area contributed by atoms with Crippen LogP contribution in [0.15, 0.2) is 18.2 Å². The van der Waals surface area contributed by atoms with Crippen molar-refractivity contribution in [3.05, 3.63) is 34.9 Å². The Morgan fingerprint density at radius 1 is 1.25 bits per heavy atom. The van der Waals surface area contributed by atoms with E-state index in [1.165, 1.54) is 36.9 Å². The Balaban J connectivity index is 1.56. The molecule has 1 amide bonds. The van der Waals surface area contributed by atoms with Crippen LogP contribution < -0.4 is 5.32 Å². The van der Waals surface area contributed by atoms with Gasteiger partial charge in [0.15, 0.2) is 0 Å². The van der Waals surface area contributed by atoms with Gasteiger partial charge in [0.1, 0.15) is 0 Å². The lowest BCUT2D eigenvalue weighted by Crippen LogP contribution is -2.41. The van der Waals surface area contributed by atoms with Gasteiger partial charge in [0.05, 0.1) is 12.0 Å². The summed E-state index contributed by atoms with van der Waals surface area (Å²) in [4.78, 5) is 14.5. The molecule has 1 aliphatic carbocycles. The van der Waals surface area contributed by atoms with E-state index in [0.717, 1.165) is 31.0 Å². The minimum absolute atomic E-state index is 0.103. The summed E-state index contributed by atoms with van der Waals surface area (Å²) in [6, 6.07) is 7.43. The first kappa shape index (κ1) is 17.4. The zero-order chi connectivity index (χ0) is 17.2. The van der Waals surface area contributed by atoms with Crippen LogP contribution >= 0.6 is 0 Å². The Morgan fingerprint density at radius 3 is 2.58 bits per heavy atom. The summed E-state index contributed by atoms with van der Waals surface area (Å²) in [7, 11) is 0. The number of nitrogens with one attached hydrogen (secondary N) is 1. The number of hydrogen-bond donors (Lipinski definition) is 2. The second kappa shape index (κ2) is 7.24. The van der Waals surface area contributed by atoms with Gasteiger partial charge in [0.25, 0.3) is 0 Å². The van der Waals surface area contributed by atoms with Crippen molar-refractivity contribution in [3.63, 3.8) is 0 Å². The first-order chi connectivity index (χ1) is 11.4. The summed E-state index contributed by atoms with van der Waals surface area (Å²) in [5.41, 5.74) is 3.09. The third-order valence-corrected chi connectivity index (χ3v) is 5.28. The highest BCUT2D eigenvalue weighted by Crippen LogP contribution is 2.27. The van der Waals surface area contributed by atoms with Crippen LogP contribution in [-0.2, 0) is 24.2 Å². The molecule has 0 saturated heterocycles. The van der Waals surface area contributed by atoms with E-state index in [0.29, 0.717) is 6.54 Å². The van der Waals surface area contributed by atoms with E-state index < -0.39 is 5.60 Å². The van der Waals surface area contributed by atoms with E-state index in [9.17, 15) is 9.90 Å². The molecular weight excluding hydrogens is 300 g/mol. The molecule has 4 nitrogen and oxygen atoms in total. The topological polar surface area (TPSA) is 52.6 Å². The number of fused-ring (bicyclic) bond motifs is 1. The number of aliphatic hydroxyl groups is 1. The molecule has 0 unspecified atom stereocenters. The molecule has 2 aliphatic rings. The maximum absolute atomic E-state index is 11.9. The van der Waals surface area contributed by atoms with Gasteiger partial charge in [-0.3, -0.25) is 9.69 Å². The summed E-state index contributed by atoms with van der Waals surface area (Å²) in [6.07, 6.45) is 6.51. The molecule has 2 N–H and O–H groups in total. The number of carbonyl (C=O) groups is 1. The minimum atomic E-state index is -0.956. The Morgan fingerprint density at radius 2 is 1.96 bits per heavy atom. The highest BCUT2D eigenvalue weighted by atomic mass is 16.3. The van der Waals surface area contributed by atoms with Crippen molar-refractivity contribution in [2.24, 2.45) is 0 Å². The third kappa shape index (κ3) is 4.58. The van der Waals surface area contributed by atoms with Crippen LogP contribution in [0, 0.1) is 0 Å². The smallest absolute Gasteiger partial charge is 0.223 e. The van der Waals surface area contributed by atoms with E-state index in [2.05, 4.69) is 28.4 Å². The standard InChI is InChI=1S/C20H30N2O2/c1-20(2,24)13-19(23)21-14-15-6-7-16-8-10-22(18-4-3-5-18)11-9-17(16)12-15/h6-7,12,18,24H,3-5,8-11,13-14H2,1-2H3,(H,21,23). The Hall–Kier alpha value is -1.39. The lowest BCUT2D eigenvalue weighted by molar-refractivity contribution is -0.125. The second-order valence-corrected chi connectivity index (χ2v) is 7.99. The monoisotopic (exact) mass is 330 g/mol. The van der Waals surface area contributed by atoms with Gasteiger partial charge >= 0.3 is 0 Å². The van der Waals surface area contributed by atoms with Gasteiger partial charge in [0, 0.05) is 25.7 Å². The molecular formula is C20H30N2O2. The van der Waals surface area contributed by atoms with Crippen LogP contribution in [0.3, 0.4) is 0 Å². The summed E-state index contributed by atoms with van der Waals surface area (Å²) in [6.45, 7) is 6.19. The van der Waals surface area contributed by atoms with Gasteiger partial charge in [-0.2, -0.15) is 0 Å². The molecule has 0 spiro atoms. The van der Waals surface area contributed by atoms with Crippen molar-refractivity contribution in [2.45, 2.75) is 70.6 Å². The molecule has 0 aromatic heterocycles. The van der Waals surface area contributed by atoms with Crippen molar-refractivity contribution < 1.29 is 9.90 Å². The molecule has 1 aromatic rings. The SMILES string of the molecule is CC(C)(O)CC(=O)NCc1ccc2c(c1)CCN(C1CCC1)CC2. The predicted molar refractivity (Wildman–Crippen MR) is 95.8 cm³/mol. The maximum atomic E-state index is 11.9. The summed E-state index contributed by atoms with van der Waals surface area (Å²) in [5, 5.41) is 12.6. The van der Waals surface area contributed by atoms with Crippen LogP contribution in [0.2, 0.25) is 0 Å². The van der Waals surface area contributed by atoms with Crippen LogP contribution in [0.5, 0.6) is 0 Å². The first-order valence-electron chi connectivity index (χ1n) is 9.24. The molecule has 1 aromatic carbocycles. The molecule has 4 heteroatoms. The highest BCUT2D eigenvalue weighted by Gasteiger charge is 2.26. The Labute approximate surface area is 145 Å². The normalized spacial score (nSPS) is 19.3. The second-order valence-electron chi connectivity index (χ2n) is 7.99. The molecule has 1 aliphatic heterocycles. The summed E-state index contributed by atoms with van der Waals surface area (Å²) < 4.78 is 0. The van der Waals surface area contributed by atoms with Crippen molar-refractivity contribution in [3.8, 4) is 0 Å². The maximum Gasteiger partial charge on any atom is 0.223 e. The van der Waals surface area contributed by atoms with Gasteiger partial charge in [-0.05, 0) is 56.2 Å². The molecule has 1 fully saturated rings. The average Bonchev–Trinajstić information content (AvgIpc) is 2.64. The number of rotatable bonds is 5. The molecule has 0 bridgehead atoms. The van der Waals surface area contributed by atoms with Gasteiger partial charge in [-0.1, -0.05) is 24.6 Å². The van der Waals surface area contributed by atoms with Crippen LogP contribution in [-0.4, -0.2) is 40.6 Å². The predicted octanol–water partition coefficient (Wildman–Crippen LogP) is 2.42. The van der Waals surface area contributed by atoms with Crippen LogP contribution in [0.1, 0.15) is 56.2 Å². The molecule has 0 radical (unpaired) electrons. The lowest BCUT2D eigenvalue weighted by atomic mass is 9.91. The fourth-order valence-electron chi connectivity index (χ4n) is 3.68. The van der Waals surface area contributed by atoms with Crippen molar-refractivity contribution in [2.75, 3.05) is 13.1 Å². The minimum Gasteiger partial charge on any atom is -0.390 e.